The molecule has 2 heterocycles. The smallest absolute Gasteiger partial charge is 0.410 e. The van der Waals surface area contributed by atoms with Gasteiger partial charge in [0.15, 0.2) is 6.10 Å². The molecule has 1 N–H and O–H groups in total. The van der Waals surface area contributed by atoms with E-state index in [0.717, 1.165) is 65.1 Å². The Labute approximate surface area is 301 Å². The normalized spacial score (nSPS) is 14.9. The number of nitrogens with zero attached hydrogens (tertiary/aromatic N) is 3. The number of pyridine rings is 1. The van der Waals surface area contributed by atoms with Gasteiger partial charge in [0.1, 0.15) is 12.4 Å². The van der Waals surface area contributed by atoms with Crippen molar-refractivity contribution in [1.29, 1.82) is 0 Å². The van der Waals surface area contributed by atoms with Crippen molar-refractivity contribution >= 4 is 17.7 Å². The maximum Gasteiger partial charge on any atom is 0.410 e. The van der Waals surface area contributed by atoms with Crippen molar-refractivity contribution in [3.63, 3.8) is 0 Å². The molecule has 8 nitrogen and oxygen atoms in total. The van der Waals surface area contributed by atoms with Crippen LogP contribution in [0.1, 0.15) is 87.2 Å². The fourth-order valence-electron chi connectivity index (χ4n) is 6.56. The lowest BCUT2D eigenvalue weighted by Crippen LogP contribution is -2.39. The summed E-state index contributed by atoms with van der Waals surface area (Å²) in [6.07, 6.45) is 0.244. The summed E-state index contributed by atoms with van der Waals surface area (Å²) in [5, 5.41) is 10.5. The lowest BCUT2D eigenvalue weighted by atomic mass is 9.81. The molecule has 0 radical (unpaired) electrons. The highest BCUT2D eigenvalue weighted by Crippen LogP contribution is 2.45. The third-order valence-corrected chi connectivity index (χ3v) is 9.34. The Balaban J connectivity index is 1.51. The first-order valence-electron chi connectivity index (χ1n) is 17.6. The number of aryl methyl sites for hydroxylation is 2. The second-order valence-corrected chi connectivity index (χ2v) is 15.2. The van der Waals surface area contributed by atoms with Gasteiger partial charge in [0, 0.05) is 48.7 Å². The zero-order valence-electron chi connectivity index (χ0n) is 30.8. The molecule has 4 aromatic rings. The minimum Gasteiger partial charge on any atom is -0.479 e. The van der Waals surface area contributed by atoms with Gasteiger partial charge in [-0.1, -0.05) is 80.6 Å². The molecular weight excluding hydrogens is 645 g/mol. The molecule has 0 aliphatic carbocycles. The van der Waals surface area contributed by atoms with E-state index in [2.05, 4.69) is 18.7 Å². The van der Waals surface area contributed by atoms with E-state index >= 15 is 0 Å². The van der Waals surface area contributed by atoms with Crippen molar-refractivity contribution < 1.29 is 28.6 Å². The monoisotopic (exact) mass is 695 g/mol. The summed E-state index contributed by atoms with van der Waals surface area (Å²) in [6.45, 7) is 16.1. The van der Waals surface area contributed by atoms with E-state index in [0.29, 0.717) is 11.3 Å². The molecule has 270 valence electrons. The fourth-order valence-corrected chi connectivity index (χ4v) is 6.56. The average Bonchev–Trinajstić information content (AvgIpc) is 3.07. The van der Waals surface area contributed by atoms with Gasteiger partial charge in [-0.15, -0.1) is 0 Å². The van der Waals surface area contributed by atoms with Gasteiger partial charge >= 0.3 is 12.1 Å². The Hall–Kier alpha value is -4.76. The highest BCUT2D eigenvalue weighted by molar-refractivity contribution is 5.88. The molecule has 0 saturated carbocycles. The van der Waals surface area contributed by atoms with Crippen molar-refractivity contribution in [2.45, 2.75) is 92.7 Å². The summed E-state index contributed by atoms with van der Waals surface area (Å²) in [4.78, 5) is 35.1. The molecule has 1 aromatic heterocycles. The maximum absolute atomic E-state index is 13.7. The van der Waals surface area contributed by atoms with Crippen LogP contribution in [0.3, 0.4) is 0 Å². The van der Waals surface area contributed by atoms with E-state index in [1.807, 2.05) is 89.2 Å². The first-order chi connectivity index (χ1) is 24.1. The molecule has 1 saturated heterocycles. The number of halogens is 1. The number of aromatic nitrogens is 1. The number of ether oxygens (including phenoxy) is 2. The fraction of sp³-hybridized carbons (Fsp3) is 0.405. The number of carboxylic acids is 1. The molecular formula is C42H50FN3O5. The van der Waals surface area contributed by atoms with Crippen LogP contribution in [-0.4, -0.2) is 45.7 Å². The standard InChI is InChI=1S/C42H50FN3O5/c1-28-35(37(45-23-21-42(6,7)22-24-45)36(29(2)44-28)38(39(47)48)51-41(3,4)5)33-17-13-30(14-18-33)25-46(26-31-15-19-34(43)20-16-31)40(49)50-27-32-11-9-8-10-12-32/h8-20,38H,21-27H2,1-7H3,(H,47,48). The highest BCUT2D eigenvalue weighted by atomic mass is 19.1. The molecule has 51 heavy (non-hydrogen) atoms. The average molecular weight is 696 g/mol. The molecule has 1 fully saturated rings. The summed E-state index contributed by atoms with van der Waals surface area (Å²) in [5.41, 5.74) is 6.63. The SMILES string of the molecule is Cc1nc(C)c(C(OC(C)(C)C)C(=O)O)c(N2CCC(C)(C)CC2)c1-c1ccc(CN(Cc2ccc(F)cc2)C(=O)OCc2ccccc2)cc1. The molecule has 1 unspecified atom stereocenters. The van der Waals surface area contributed by atoms with Gasteiger partial charge < -0.3 is 19.5 Å². The van der Waals surface area contributed by atoms with Crippen molar-refractivity contribution in [1.82, 2.24) is 9.88 Å². The molecule has 9 heteroatoms. The second-order valence-electron chi connectivity index (χ2n) is 15.2. The number of piperidine rings is 1. The third-order valence-electron chi connectivity index (χ3n) is 9.34. The minimum atomic E-state index is -1.21. The van der Waals surface area contributed by atoms with Gasteiger partial charge in [0.05, 0.1) is 11.3 Å². The van der Waals surface area contributed by atoms with Crippen molar-refractivity contribution in [2.24, 2.45) is 5.41 Å². The summed E-state index contributed by atoms with van der Waals surface area (Å²) < 4.78 is 25.6. The van der Waals surface area contributed by atoms with E-state index in [4.69, 9.17) is 14.5 Å². The first-order valence-corrected chi connectivity index (χ1v) is 17.6. The number of carbonyl (C=O) groups is 2. The van der Waals surface area contributed by atoms with Crippen molar-refractivity contribution in [3.05, 3.63) is 118 Å². The van der Waals surface area contributed by atoms with E-state index in [1.54, 1.807) is 17.0 Å². The summed E-state index contributed by atoms with van der Waals surface area (Å²) in [6, 6.07) is 23.5. The number of hydrogen-bond acceptors (Lipinski definition) is 6. The van der Waals surface area contributed by atoms with Crippen LogP contribution in [0.5, 0.6) is 0 Å². The topological polar surface area (TPSA) is 92.2 Å². The van der Waals surface area contributed by atoms with Crippen molar-refractivity contribution in [3.8, 4) is 11.1 Å². The number of rotatable bonds is 11. The van der Waals surface area contributed by atoms with E-state index in [-0.39, 0.29) is 30.9 Å². The van der Waals surface area contributed by atoms with Crippen LogP contribution in [-0.2, 0) is 34.0 Å². The Bertz CT molecular complexity index is 1810. The molecule has 1 aliphatic heterocycles. The molecule has 1 atom stereocenters. The highest BCUT2D eigenvalue weighted by Gasteiger charge is 2.36. The lowest BCUT2D eigenvalue weighted by molar-refractivity contribution is -0.160. The Morgan fingerprint density at radius 2 is 1.45 bits per heavy atom. The number of anilines is 1. The van der Waals surface area contributed by atoms with Crippen molar-refractivity contribution in [2.75, 3.05) is 18.0 Å². The van der Waals surface area contributed by atoms with Crippen LogP contribution >= 0.6 is 0 Å². The van der Waals surface area contributed by atoms with Crippen LogP contribution in [0, 0.1) is 25.1 Å². The molecule has 5 rings (SSSR count). The summed E-state index contributed by atoms with van der Waals surface area (Å²) in [5.74, 6) is -1.40. The quantitative estimate of drug-likeness (QED) is 0.167. The van der Waals surface area contributed by atoms with Gasteiger partial charge in [-0.2, -0.15) is 0 Å². The third kappa shape index (κ3) is 9.73. The number of carbonyl (C=O) groups excluding carboxylic acids is 1. The maximum atomic E-state index is 13.7. The second kappa shape index (κ2) is 15.6. The molecule has 0 spiro atoms. The number of benzene rings is 3. The summed E-state index contributed by atoms with van der Waals surface area (Å²) >= 11 is 0. The lowest BCUT2D eigenvalue weighted by Gasteiger charge is -2.41. The first kappa shape index (κ1) is 37.5. The zero-order chi connectivity index (χ0) is 36.9. The molecule has 1 amide bonds. The Kier molecular flexibility index (Phi) is 11.5. The van der Waals surface area contributed by atoms with Crippen LogP contribution < -0.4 is 4.90 Å². The Morgan fingerprint density at radius 3 is 2.00 bits per heavy atom. The van der Waals surface area contributed by atoms with E-state index in [9.17, 15) is 19.1 Å². The number of carboxylic acid groups (broad SMARTS) is 1. The molecule has 0 bridgehead atoms. The predicted octanol–water partition coefficient (Wildman–Crippen LogP) is 9.41. The predicted molar refractivity (Wildman–Crippen MR) is 198 cm³/mol. The minimum absolute atomic E-state index is 0.132. The van der Waals surface area contributed by atoms with Gasteiger partial charge in [-0.05, 0) is 87.3 Å². The van der Waals surface area contributed by atoms with Crippen LogP contribution in [0.2, 0.25) is 0 Å². The van der Waals surface area contributed by atoms with Gasteiger partial charge in [-0.3, -0.25) is 9.88 Å². The molecule has 3 aromatic carbocycles. The van der Waals surface area contributed by atoms with Gasteiger partial charge in [0.25, 0.3) is 0 Å². The zero-order valence-corrected chi connectivity index (χ0v) is 30.8. The van der Waals surface area contributed by atoms with Gasteiger partial charge in [0.2, 0.25) is 0 Å². The number of aliphatic carboxylic acids is 1. The number of amides is 1. The van der Waals surface area contributed by atoms with Gasteiger partial charge in [-0.25, -0.2) is 14.0 Å². The van der Waals surface area contributed by atoms with Crippen LogP contribution in [0.25, 0.3) is 11.1 Å². The Morgan fingerprint density at radius 1 is 0.882 bits per heavy atom. The number of hydrogen-bond donors (Lipinski definition) is 1. The van der Waals surface area contributed by atoms with Crippen LogP contribution in [0.15, 0.2) is 78.9 Å². The van der Waals surface area contributed by atoms with E-state index in [1.165, 1.54) is 12.1 Å². The summed E-state index contributed by atoms with van der Waals surface area (Å²) in [7, 11) is 0. The van der Waals surface area contributed by atoms with Crippen LogP contribution in [0.4, 0.5) is 14.9 Å². The van der Waals surface area contributed by atoms with E-state index < -0.39 is 23.8 Å². The largest absolute Gasteiger partial charge is 0.479 e. The molecule has 1 aliphatic rings.